The zero-order valence-corrected chi connectivity index (χ0v) is 9.59. The molecule has 3 N–H and O–H groups in total. The zero-order valence-electron chi connectivity index (χ0n) is 9.59. The first-order valence-electron chi connectivity index (χ1n) is 5.50. The van der Waals surface area contributed by atoms with Gasteiger partial charge in [-0.1, -0.05) is 6.07 Å². The Morgan fingerprint density at radius 2 is 1.89 bits per heavy atom. The van der Waals surface area contributed by atoms with Crippen LogP contribution in [-0.2, 0) is 6.42 Å². The topological polar surface area (TPSA) is 82.7 Å². The number of amides is 1. The lowest BCUT2D eigenvalue weighted by atomic mass is 10.1. The zero-order chi connectivity index (χ0) is 13.0. The first-order valence-corrected chi connectivity index (χ1v) is 5.50. The fourth-order valence-electron chi connectivity index (χ4n) is 1.60. The first kappa shape index (κ1) is 12.0. The highest BCUT2D eigenvalue weighted by atomic mass is 16.3. The van der Waals surface area contributed by atoms with Gasteiger partial charge in [0.05, 0.1) is 6.26 Å². The number of hydrogen-bond acceptors (Lipinski definition) is 4. The van der Waals surface area contributed by atoms with E-state index in [4.69, 9.17) is 4.42 Å². The van der Waals surface area contributed by atoms with Gasteiger partial charge in [-0.3, -0.25) is 4.79 Å². The molecule has 0 aliphatic heterocycles. The van der Waals surface area contributed by atoms with Gasteiger partial charge in [-0.25, -0.2) is 0 Å². The Morgan fingerprint density at radius 3 is 2.50 bits per heavy atom. The van der Waals surface area contributed by atoms with Gasteiger partial charge in [0, 0.05) is 13.0 Å². The van der Waals surface area contributed by atoms with Gasteiger partial charge in [0.15, 0.2) is 0 Å². The molecule has 94 valence electrons. The second-order valence-electron chi connectivity index (χ2n) is 3.76. The molecule has 0 fully saturated rings. The lowest BCUT2D eigenvalue weighted by Crippen LogP contribution is -2.25. The lowest BCUT2D eigenvalue weighted by Gasteiger charge is -2.07. The van der Waals surface area contributed by atoms with Crippen LogP contribution in [0.15, 0.2) is 41.0 Å². The Hall–Kier alpha value is -2.43. The van der Waals surface area contributed by atoms with Crippen LogP contribution in [0.25, 0.3) is 0 Å². The second-order valence-corrected chi connectivity index (χ2v) is 3.76. The molecule has 0 aliphatic carbocycles. The summed E-state index contributed by atoms with van der Waals surface area (Å²) in [6, 6.07) is 7.74. The molecule has 0 bridgehead atoms. The Bertz CT molecular complexity index is 514. The van der Waals surface area contributed by atoms with Gasteiger partial charge in [-0.2, -0.15) is 0 Å². The second kappa shape index (κ2) is 5.27. The van der Waals surface area contributed by atoms with Gasteiger partial charge in [0.2, 0.25) is 0 Å². The number of rotatable bonds is 4. The van der Waals surface area contributed by atoms with Crippen LogP contribution in [0, 0.1) is 0 Å². The monoisotopic (exact) mass is 247 g/mol. The Morgan fingerprint density at radius 1 is 1.17 bits per heavy atom. The molecular weight excluding hydrogens is 234 g/mol. The minimum absolute atomic E-state index is 0.114. The molecule has 5 heteroatoms. The van der Waals surface area contributed by atoms with Crippen LogP contribution < -0.4 is 5.32 Å². The molecule has 0 atom stereocenters. The van der Waals surface area contributed by atoms with E-state index in [1.807, 2.05) is 6.07 Å². The number of nitrogens with one attached hydrogen (secondary N) is 1. The summed E-state index contributed by atoms with van der Waals surface area (Å²) in [6.07, 6.45) is 2.11. The van der Waals surface area contributed by atoms with Gasteiger partial charge < -0.3 is 19.9 Å². The van der Waals surface area contributed by atoms with E-state index in [0.29, 0.717) is 13.0 Å². The SMILES string of the molecule is O=C(NCCc1ccco1)c1c(O)cccc1O. The van der Waals surface area contributed by atoms with E-state index in [2.05, 4.69) is 5.32 Å². The van der Waals surface area contributed by atoms with E-state index in [9.17, 15) is 15.0 Å². The fourth-order valence-corrected chi connectivity index (χ4v) is 1.60. The van der Waals surface area contributed by atoms with Gasteiger partial charge in [-0.15, -0.1) is 0 Å². The number of benzene rings is 1. The summed E-state index contributed by atoms with van der Waals surface area (Å²) in [5, 5.41) is 21.6. The van der Waals surface area contributed by atoms with Gasteiger partial charge >= 0.3 is 0 Å². The van der Waals surface area contributed by atoms with E-state index in [1.165, 1.54) is 18.2 Å². The molecule has 0 aliphatic rings. The van der Waals surface area contributed by atoms with Crippen molar-refractivity contribution in [3.8, 4) is 11.5 Å². The number of furan rings is 1. The number of carbonyl (C=O) groups is 1. The standard InChI is InChI=1S/C13H13NO4/c15-10-4-1-5-11(16)12(10)13(17)14-7-6-9-3-2-8-18-9/h1-5,8,15-16H,6-7H2,(H,14,17). The van der Waals surface area contributed by atoms with Gasteiger partial charge in [-0.05, 0) is 24.3 Å². The molecule has 1 aromatic heterocycles. The van der Waals surface area contributed by atoms with Crippen LogP contribution in [0.4, 0.5) is 0 Å². The van der Waals surface area contributed by atoms with E-state index >= 15 is 0 Å². The average Bonchev–Trinajstić information content (AvgIpc) is 2.82. The van der Waals surface area contributed by atoms with E-state index < -0.39 is 5.91 Å². The molecule has 0 unspecified atom stereocenters. The van der Waals surface area contributed by atoms with Crippen molar-refractivity contribution in [3.63, 3.8) is 0 Å². The largest absolute Gasteiger partial charge is 0.507 e. The quantitative estimate of drug-likeness (QED) is 0.767. The fraction of sp³-hybridized carbons (Fsp3) is 0.154. The Kier molecular flexibility index (Phi) is 3.52. The maximum atomic E-state index is 11.8. The number of phenolic OH excluding ortho intramolecular Hbond substituents is 2. The van der Waals surface area contributed by atoms with Crippen LogP contribution in [0.1, 0.15) is 16.1 Å². The van der Waals surface area contributed by atoms with Crippen molar-refractivity contribution in [2.45, 2.75) is 6.42 Å². The van der Waals surface area contributed by atoms with Gasteiger partial charge in [0.25, 0.3) is 5.91 Å². The van der Waals surface area contributed by atoms with Crippen LogP contribution in [-0.4, -0.2) is 22.7 Å². The smallest absolute Gasteiger partial charge is 0.258 e. The molecule has 2 rings (SSSR count). The summed E-state index contributed by atoms with van der Waals surface area (Å²) in [7, 11) is 0. The summed E-state index contributed by atoms with van der Waals surface area (Å²) < 4.78 is 5.12. The van der Waals surface area contributed by atoms with Crippen LogP contribution in [0.3, 0.4) is 0 Å². The highest BCUT2D eigenvalue weighted by Crippen LogP contribution is 2.25. The molecular formula is C13H13NO4. The minimum atomic E-state index is -0.517. The molecule has 5 nitrogen and oxygen atoms in total. The number of carbonyl (C=O) groups excluding carboxylic acids is 1. The Labute approximate surface area is 104 Å². The van der Waals surface area contributed by atoms with Crippen molar-refractivity contribution in [3.05, 3.63) is 47.9 Å². The van der Waals surface area contributed by atoms with Crippen molar-refractivity contribution < 1.29 is 19.4 Å². The van der Waals surface area contributed by atoms with Crippen LogP contribution in [0.2, 0.25) is 0 Å². The molecule has 0 saturated carbocycles. The third-order valence-corrected chi connectivity index (χ3v) is 2.48. The van der Waals surface area contributed by atoms with Crippen LogP contribution >= 0.6 is 0 Å². The van der Waals surface area contributed by atoms with Crippen molar-refractivity contribution in [1.82, 2.24) is 5.32 Å². The summed E-state index contributed by atoms with van der Waals surface area (Å²) in [4.78, 5) is 11.8. The van der Waals surface area contributed by atoms with Gasteiger partial charge in [0.1, 0.15) is 22.8 Å². The van der Waals surface area contributed by atoms with Crippen molar-refractivity contribution >= 4 is 5.91 Å². The summed E-state index contributed by atoms with van der Waals surface area (Å²) in [5.74, 6) is -0.245. The molecule has 1 heterocycles. The normalized spacial score (nSPS) is 10.2. The van der Waals surface area contributed by atoms with Crippen LogP contribution in [0.5, 0.6) is 11.5 Å². The highest BCUT2D eigenvalue weighted by Gasteiger charge is 2.15. The lowest BCUT2D eigenvalue weighted by molar-refractivity contribution is 0.0948. The predicted molar refractivity (Wildman–Crippen MR) is 64.5 cm³/mol. The summed E-state index contributed by atoms with van der Waals surface area (Å²) in [5.41, 5.74) is -0.114. The maximum Gasteiger partial charge on any atom is 0.258 e. The third kappa shape index (κ3) is 2.63. The number of phenols is 2. The third-order valence-electron chi connectivity index (χ3n) is 2.48. The van der Waals surface area contributed by atoms with Crippen molar-refractivity contribution in [1.29, 1.82) is 0 Å². The first-order chi connectivity index (χ1) is 8.68. The molecule has 1 amide bonds. The summed E-state index contributed by atoms with van der Waals surface area (Å²) in [6.45, 7) is 0.361. The van der Waals surface area contributed by atoms with E-state index in [0.717, 1.165) is 5.76 Å². The van der Waals surface area contributed by atoms with E-state index in [1.54, 1.807) is 12.3 Å². The molecule has 0 radical (unpaired) electrons. The van der Waals surface area contributed by atoms with Crippen molar-refractivity contribution in [2.75, 3.05) is 6.54 Å². The van der Waals surface area contributed by atoms with Crippen molar-refractivity contribution in [2.24, 2.45) is 0 Å². The average molecular weight is 247 g/mol. The molecule has 1 aromatic carbocycles. The maximum absolute atomic E-state index is 11.8. The number of hydrogen-bond donors (Lipinski definition) is 3. The summed E-state index contributed by atoms with van der Waals surface area (Å²) >= 11 is 0. The minimum Gasteiger partial charge on any atom is -0.507 e. The Balaban J connectivity index is 1.96. The molecule has 18 heavy (non-hydrogen) atoms. The molecule has 0 spiro atoms. The highest BCUT2D eigenvalue weighted by molar-refractivity contribution is 5.99. The molecule has 0 saturated heterocycles. The number of aromatic hydroxyl groups is 2. The predicted octanol–water partition coefficient (Wildman–Crippen LogP) is 1.66. The molecule has 2 aromatic rings. The van der Waals surface area contributed by atoms with E-state index in [-0.39, 0.29) is 17.1 Å².